The fourth-order valence-corrected chi connectivity index (χ4v) is 3.09. The lowest BCUT2D eigenvalue weighted by molar-refractivity contribution is -0.122. The van der Waals surface area contributed by atoms with Gasteiger partial charge in [0, 0.05) is 18.5 Å². The topological polar surface area (TPSA) is 76.1 Å². The summed E-state index contributed by atoms with van der Waals surface area (Å²) in [6, 6.07) is 15.0. The molecule has 122 valence electrons. The van der Waals surface area contributed by atoms with E-state index >= 15 is 0 Å². The van der Waals surface area contributed by atoms with Crippen LogP contribution >= 0.6 is 0 Å². The molecule has 24 heavy (non-hydrogen) atoms. The van der Waals surface area contributed by atoms with E-state index in [1.807, 2.05) is 48.5 Å². The van der Waals surface area contributed by atoms with Crippen molar-refractivity contribution in [2.24, 2.45) is 0 Å². The van der Waals surface area contributed by atoms with Crippen LogP contribution in [0.5, 0.6) is 5.75 Å². The summed E-state index contributed by atoms with van der Waals surface area (Å²) in [6.07, 6.45) is 0.237. The van der Waals surface area contributed by atoms with Crippen LogP contribution in [0.15, 0.2) is 53.3 Å². The van der Waals surface area contributed by atoms with E-state index in [9.17, 15) is 9.59 Å². The lowest BCUT2D eigenvalue weighted by Crippen LogP contribution is -2.31. The van der Waals surface area contributed by atoms with Crippen LogP contribution in [0, 0.1) is 0 Å². The third-order valence-electron chi connectivity index (χ3n) is 4.28. The predicted octanol–water partition coefficient (Wildman–Crippen LogP) is 1.97. The van der Waals surface area contributed by atoms with Gasteiger partial charge in [-0.3, -0.25) is 9.36 Å². The summed E-state index contributed by atoms with van der Waals surface area (Å²) < 4.78 is 7.16. The number of imidazole rings is 1. The van der Waals surface area contributed by atoms with Gasteiger partial charge in [0.15, 0.2) is 0 Å². The highest BCUT2D eigenvalue weighted by Crippen LogP contribution is 2.31. The van der Waals surface area contributed by atoms with E-state index in [2.05, 4.69) is 10.3 Å². The minimum atomic E-state index is -0.196. The number of para-hydroxylation sites is 3. The molecule has 1 amide bonds. The SMILES string of the molecule is O=C(CCn1c(=O)[nH]c2ccccc21)N[C@H]1COc2ccccc21. The van der Waals surface area contributed by atoms with Gasteiger partial charge < -0.3 is 15.0 Å². The number of ether oxygens (including phenoxy) is 1. The third kappa shape index (κ3) is 2.56. The van der Waals surface area contributed by atoms with Crippen LogP contribution in [0.4, 0.5) is 0 Å². The number of H-pyrrole nitrogens is 1. The van der Waals surface area contributed by atoms with Crippen molar-refractivity contribution in [2.45, 2.75) is 19.0 Å². The summed E-state index contributed by atoms with van der Waals surface area (Å²) in [5.41, 5.74) is 2.39. The average molecular weight is 323 g/mol. The molecule has 6 nitrogen and oxygen atoms in total. The fraction of sp³-hybridized carbons (Fsp3) is 0.222. The first-order valence-electron chi connectivity index (χ1n) is 7.91. The minimum absolute atomic E-state index is 0.0996. The van der Waals surface area contributed by atoms with Crippen molar-refractivity contribution in [1.82, 2.24) is 14.9 Å². The zero-order valence-corrected chi connectivity index (χ0v) is 13.0. The number of carbonyl (C=O) groups is 1. The first-order valence-corrected chi connectivity index (χ1v) is 7.91. The number of carbonyl (C=O) groups excluding carboxylic acids is 1. The highest BCUT2D eigenvalue weighted by atomic mass is 16.5. The Balaban J connectivity index is 1.44. The summed E-state index contributed by atoms with van der Waals surface area (Å²) in [7, 11) is 0. The molecule has 0 fully saturated rings. The molecule has 1 aliphatic heterocycles. The van der Waals surface area contributed by atoms with E-state index in [1.165, 1.54) is 0 Å². The van der Waals surface area contributed by atoms with Gasteiger partial charge in [0.2, 0.25) is 5.91 Å². The van der Waals surface area contributed by atoms with Crippen LogP contribution in [-0.2, 0) is 11.3 Å². The van der Waals surface area contributed by atoms with Gasteiger partial charge in [-0.2, -0.15) is 0 Å². The maximum Gasteiger partial charge on any atom is 0.326 e. The largest absolute Gasteiger partial charge is 0.491 e. The molecule has 1 aliphatic rings. The van der Waals surface area contributed by atoms with Crippen molar-refractivity contribution in [3.8, 4) is 5.75 Å². The summed E-state index contributed by atoms with van der Waals surface area (Å²) in [5.74, 6) is 0.716. The van der Waals surface area contributed by atoms with Crippen LogP contribution in [0.1, 0.15) is 18.0 Å². The molecular weight excluding hydrogens is 306 g/mol. The highest BCUT2D eigenvalue weighted by molar-refractivity contribution is 5.78. The van der Waals surface area contributed by atoms with Gasteiger partial charge >= 0.3 is 5.69 Å². The Morgan fingerprint density at radius 2 is 2.00 bits per heavy atom. The standard InChI is InChI=1S/C18H17N3O3/c22-17(19-14-11-24-16-8-4-1-5-12(14)16)9-10-21-15-7-3-2-6-13(15)20-18(21)23/h1-8,14H,9-11H2,(H,19,22)(H,20,23)/t14-/m0/s1. The summed E-state index contributed by atoms with van der Waals surface area (Å²) in [6.45, 7) is 0.780. The molecule has 2 aromatic carbocycles. The number of nitrogens with zero attached hydrogens (tertiary/aromatic N) is 1. The van der Waals surface area contributed by atoms with Crippen molar-refractivity contribution in [1.29, 1.82) is 0 Å². The van der Waals surface area contributed by atoms with Crippen molar-refractivity contribution in [3.05, 3.63) is 64.6 Å². The van der Waals surface area contributed by atoms with Crippen molar-refractivity contribution in [3.63, 3.8) is 0 Å². The molecule has 0 aliphatic carbocycles. The number of aromatic nitrogens is 2. The number of hydrogen-bond acceptors (Lipinski definition) is 3. The Morgan fingerprint density at radius 1 is 1.21 bits per heavy atom. The Morgan fingerprint density at radius 3 is 2.92 bits per heavy atom. The van der Waals surface area contributed by atoms with E-state index in [4.69, 9.17) is 4.74 Å². The number of amides is 1. The maximum absolute atomic E-state index is 12.3. The number of hydrogen-bond donors (Lipinski definition) is 2. The molecule has 0 spiro atoms. The molecule has 2 N–H and O–H groups in total. The lowest BCUT2D eigenvalue weighted by atomic mass is 10.1. The normalized spacial score (nSPS) is 15.9. The molecule has 2 heterocycles. The van der Waals surface area contributed by atoms with Crippen LogP contribution in [0.25, 0.3) is 11.0 Å². The van der Waals surface area contributed by atoms with Crippen molar-refractivity contribution < 1.29 is 9.53 Å². The quantitative estimate of drug-likeness (QED) is 0.771. The number of nitrogens with one attached hydrogen (secondary N) is 2. The molecule has 1 aromatic heterocycles. The van der Waals surface area contributed by atoms with E-state index < -0.39 is 0 Å². The Hall–Kier alpha value is -3.02. The molecule has 0 saturated carbocycles. The fourth-order valence-electron chi connectivity index (χ4n) is 3.09. The second-order valence-electron chi connectivity index (χ2n) is 5.82. The summed E-state index contributed by atoms with van der Waals surface area (Å²) in [5, 5.41) is 2.98. The second-order valence-corrected chi connectivity index (χ2v) is 5.82. The first kappa shape index (κ1) is 14.6. The number of aromatic amines is 1. The van der Waals surface area contributed by atoms with Crippen LogP contribution in [-0.4, -0.2) is 22.1 Å². The van der Waals surface area contributed by atoms with Gasteiger partial charge in [-0.1, -0.05) is 30.3 Å². The molecular formula is C18H17N3O3. The van der Waals surface area contributed by atoms with Gasteiger partial charge in [0.25, 0.3) is 0 Å². The first-order chi connectivity index (χ1) is 11.7. The van der Waals surface area contributed by atoms with Crippen LogP contribution in [0.3, 0.4) is 0 Å². The lowest BCUT2D eigenvalue weighted by Gasteiger charge is -2.12. The average Bonchev–Trinajstić information content (AvgIpc) is 3.14. The van der Waals surface area contributed by atoms with Crippen molar-refractivity contribution in [2.75, 3.05) is 6.61 Å². The van der Waals surface area contributed by atoms with Crippen molar-refractivity contribution >= 4 is 16.9 Å². The van der Waals surface area contributed by atoms with E-state index in [-0.39, 0.29) is 24.1 Å². The number of rotatable bonds is 4. The zero-order chi connectivity index (χ0) is 16.5. The van der Waals surface area contributed by atoms with Gasteiger partial charge in [0.05, 0.1) is 17.1 Å². The smallest absolute Gasteiger partial charge is 0.326 e. The third-order valence-corrected chi connectivity index (χ3v) is 4.28. The molecule has 1 atom stereocenters. The predicted molar refractivity (Wildman–Crippen MR) is 90.0 cm³/mol. The van der Waals surface area contributed by atoms with E-state index in [0.717, 1.165) is 22.3 Å². The van der Waals surface area contributed by atoms with Crippen LogP contribution < -0.4 is 15.7 Å². The Kier molecular flexibility index (Phi) is 3.57. The van der Waals surface area contributed by atoms with E-state index in [1.54, 1.807) is 4.57 Å². The molecule has 3 aromatic rings. The van der Waals surface area contributed by atoms with Crippen LogP contribution in [0.2, 0.25) is 0 Å². The second kappa shape index (κ2) is 5.88. The molecule has 0 saturated heterocycles. The van der Waals surface area contributed by atoms with Gasteiger partial charge in [-0.25, -0.2) is 4.79 Å². The Labute approximate surface area is 138 Å². The monoisotopic (exact) mass is 323 g/mol. The molecule has 4 rings (SSSR count). The van der Waals surface area contributed by atoms with Gasteiger partial charge in [-0.15, -0.1) is 0 Å². The van der Waals surface area contributed by atoms with Gasteiger partial charge in [-0.05, 0) is 18.2 Å². The molecule has 0 bridgehead atoms. The summed E-state index contributed by atoms with van der Waals surface area (Å²) >= 11 is 0. The highest BCUT2D eigenvalue weighted by Gasteiger charge is 2.24. The summed E-state index contributed by atoms with van der Waals surface area (Å²) in [4.78, 5) is 27.1. The number of aryl methyl sites for hydroxylation is 1. The molecule has 6 heteroatoms. The molecule has 0 unspecified atom stereocenters. The Bertz CT molecular complexity index is 957. The molecule has 0 radical (unpaired) electrons. The number of fused-ring (bicyclic) bond motifs is 2. The van der Waals surface area contributed by atoms with Gasteiger partial charge in [0.1, 0.15) is 12.4 Å². The number of benzene rings is 2. The minimum Gasteiger partial charge on any atom is -0.491 e. The maximum atomic E-state index is 12.3. The zero-order valence-electron chi connectivity index (χ0n) is 13.0. The van der Waals surface area contributed by atoms with E-state index in [0.29, 0.717) is 13.2 Å².